The van der Waals surface area contributed by atoms with Crippen molar-refractivity contribution >= 4 is 11.9 Å². The van der Waals surface area contributed by atoms with E-state index in [-0.39, 0.29) is 18.0 Å². The van der Waals surface area contributed by atoms with Crippen molar-refractivity contribution in [2.24, 2.45) is 4.99 Å². The highest BCUT2D eigenvalue weighted by atomic mass is 16.2. The van der Waals surface area contributed by atoms with Crippen LogP contribution in [-0.4, -0.2) is 36.0 Å². The van der Waals surface area contributed by atoms with Crippen LogP contribution in [0.4, 0.5) is 0 Å². The van der Waals surface area contributed by atoms with E-state index in [4.69, 9.17) is 0 Å². The molecule has 0 spiro atoms. The van der Waals surface area contributed by atoms with Gasteiger partial charge in [-0.3, -0.25) is 14.8 Å². The summed E-state index contributed by atoms with van der Waals surface area (Å²) in [5.41, 5.74) is 0.679. The van der Waals surface area contributed by atoms with Gasteiger partial charge >= 0.3 is 0 Å². The van der Waals surface area contributed by atoms with Gasteiger partial charge in [-0.2, -0.15) is 0 Å². The first kappa shape index (κ1) is 15.9. The molecule has 0 aliphatic rings. The fourth-order valence-corrected chi connectivity index (χ4v) is 1.52. The number of aliphatic imine (C=N–C) groups is 1. The first-order valence-electron chi connectivity index (χ1n) is 6.56. The molecule has 0 bridgehead atoms. The van der Waals surface area contributed by atoms with Crippen molar-refractivity contribution in [2.75, 3.05) is 13.6 Å². The normalized spacial score (nSPS) is 11.9. The summed E-state index contributed by atoms with van der Waals surface area (Å²) < 4.78 is 0. The molecule has 1 heterocycles. The summed E-state index contributed by atoms with van der Waals surface area (Å²) in [5.74, 6) is 0.498. The second-order valence-corrected chi connectivity index (χ2v) is 5.40. The van der Waals surface area contributed by atoms with E-state index in [0.29, 0.717) is 12.5 Å². The Kier molecular flexibility index (Phi) is 5.96. The molecule has 0 saturated heterocycles. The molecule has 1 aromatic heterocycles. The minimum absolute atomic E-state index is 0.0710. The average molecular weight is 277 g/mol. The van der Waals surface area contributed by atoms with Crippen molar-refractivity contribution in [3.63, 3.8) is 0 Å². The number of hydrogen-bond donors (Lipinski definition) is 3. The Morgan fingerprint density at radius 1 is 1.30 bits per heavy atom. The molecule has 6 heteroatoms. The number of nitrogens with zero attached hydrogens (tertiary/aromatic N) is 2. The van der Waals surface area contributed by atoms with Crippen molar-refractivity contribution in [3.05, 3.63) is 30.1 Å². The number of nitrogens with one attached hydrogen (secondary N) is 3. The van der Waals surface area contributed by atoms with E-state index in [0.717, 1.165) is 5.69 Å². The first-order chi connectivity index (χ1) is 9.40. The molecular weight excluding hydrogens is 254 g/mol. The van der Waals surface area contributed by atoms with Crippen LogP contribution in [0.2, 0.25) is 0 Å². The molecule has 0 unspecified atom stereocenters. The molecule has 1 rings (SSSR count). The van der Waals surface area contributed by atoms with E-state index in [1.165, 1.54) is 0 Å². The maximum Gasteiger partial charge on any atom is 0.239 e. The highest BCUT2D eigenvalue weighted by Gasteiger charge is 2.13. The topological polar surface area (TPSA) is 78.4 Å². The zero-order valence-corrected chi connectivity index (χ0v) is 12.5. The van der Waals surface area contributed by atoms with Gasteiger partial charge in [-0.1, -0.05) is 6.07 Å². The van der Waals surface area contributed by atoms with Crippen molar-refractivity contribution in [2.45, 2.75) is 32.9 Å². The van der Waals surface area contributed by atoms with Crippen LogP contribution in [0.5, 0.6) is 0 Å². The Morgan fingerprint density at radius 3 is 2.60 bits per heavy atom. The first-order valence-corrected chi connectivity index (χ1v) is 6.56. The Labute approximate surface area is 120 Å². The monoisotopic (exact) mass is 277 g/mol. The van der Waals surface area contributed by atoms with E-state index in [9.17, 15) is 4.79 Å². The second-order valence-electron chi connectivity index (χ2n) is 5.40. The molecular formula is C14H23N5O. The molecule has 0 atom stereocenters. The van der Waals surface area contributed by atoms with Crippen molar-refractivity contribution in [3.8, 4) is 0 Å². The van der Waals surface area contributed by atoms with Gasteiger partial charge in [0.05, 0.1) is 18.8 Å². The van der Waals surface area contributed by atoms with E-state index < -0.39 is 0 Å². The number of pyridine rings is 1. The predicted molar refractivity (Wildman–Crippen MR) is 80.3 cm³/mol. The van der Waals surface area contributed by atoms with Gasteiger partial charge in [-0.25, -0.2) is 0 Å². The highest BCUT2D eigenvalue weighted by Crippen LogP contribution is 1.97. The van der Waals surface area contributed by atoms with E-state index in [1.807, 2.05) is 39.0 Å². The van der Waals surface area contributed by atoms with Crippen LogP contribution < -0.4 is 16.0 Å². The zero-order valence-electron chi connectivity index (χ0n) is 12.5. The molecule has 0 radical (unpaired) electrons. The fraction of sp³-hybridized carbons (Fsp3) is 0.500. The maximum absolute atomic E-state index is 11.7. The summed E-state index contributed by atoms with van der Waals surface area (Å²) in [7, 11) is 1.66. The van der Waals surface area contributed by atoms with Crippen LogP contribution in [-0.2, 0) is 11.3 Å². The lowest BCUT2D eigenvalue weighted by Gasteiger charge is -2.21. The molecule has 3 N–H and O–H groups in total. The van der Waals surface area contributed by atoms with Crippen molar-refractivity contribution in [1.82, 2.24) is 20.9 Å². The summed E-state index contributed by atoms with van der Waals surface area (Å²) in [4.78, 5) is 19.9. The van der Waals surface area contributed by atoms with Crippen LogP contribution in [0.25, 0.3) is 0 Å². The Balaban J connectivity index is 2.36. The lowest BCUT2D eigenvalue weighted by atomic mass is 10.1. The molecule has 1 amide bonds. The van der Waals surface area contributed by atoms with Gasteiger partial charge in [0.2, 0.25) is 5.91 Å². The van der Waals surface area contributed by atoms with Crippen LogP contribution in [0.1, 0.15) is 26.5 Å². The van der Waals surface area contributed by atoms with Gasteiger partial charge in [0.25, 0.3) is 0 Å². The van der Waals surface area contributed by atoms with Gasteiger partial charge in [0.15, 0.2) is 5.96 Å². The minimum atomic E-state index is -0.232. The number of carbonyl (C=O) groups excluding carboxylic acids is 1. The van der Waals surface area contributed by atoms with E-state index in [1.54, 1.807) is 13.2 Å². The summed E-state index contributed by atoms with van der Waals surface area (Å²) in [6.07, 6.45) is 1.74. The SMILES string of the molecule is CN=C(NCC(=O)NC(C)(C)C)NCc1ccccn1. The van der Waals surface area contributed by atoms with Crippen molar-refractivity contribution in [1.29, 1.82) is 0 Å². The Hall–Kier alpha value is -2.11. The van der Waals surface area contributed by atoms with Gasteiger partial charge in [0, 0.05) is 18.8 Å². The Bertz CT molecular complexity index is 450. The molecule has 20 heavy (non-hydrogen) atoms. The van der Waals surface area contributed by atoms with Crippen LogP contribution >= 0.6 is 0 Å². The summed E-state index contributed by atoms with van der Waals surface area (Å²) in [5, 5.41) is 8.94. The molecule has 0 aliphatic carbocycles. The molecule has 6 nitrogen and oxygen atoms in total. The lowest BCUT2D eigenvalue weighted by molar-refractivity contribution is -0.121. The largest absolute Gasteiger partial charge is 0.351 e. The number of carbonyl (C=O) groups is 1. The Morgan fingerprint density at radius 2 is 2.05 bits per heavy atom. The summed E-state index contributed by atoms with van der Waals surface area (Å²) in [6, 6.07) is 5.72. The highest BCUT2D eigenvalue weighted by molar-refractivity contribution is 5.86. The smallest absolute Gasteiger partial charge is 0.239 e. The number of amides is 1. The summed E-state index contributed by atoms with van der Waals surface area (Å²) in [6.45, 7) is 6.57. The standard InChI is InChI=1S/C14H23N5O/c1-14(2,3)19-12(20)10-18-13(15-4)17-9-11-7-5-6-8-16-11/h5-8H,9-10H2,1-4H3,(H,19,20)(H2,15,17,18). The molecule has 0 fully saturated rings. The second kappa shape index (κ2) is 7.47. The molecule has 110 valence electrons. The minimum Gasteiger partial charge on any atom is -0.351 e. The van der Waals surface area contributed by atoms with Gasteiger partial charge in [-0.05, 0) is 32.9 Å². The zero-order chi connectivity index (χ0) is 15.0. The van der Waals surface area contributed by atoms with Gasteiger partial charge in [0.1, 0.15) is 0 Å². The molecule has 0 aromatic carbocycles. The maximum atomic E-state index is 11.7. The predicted octanol–water partition coefficient (Wildman–Crippen LogP) is 0.661. The van der Waals surface area contributed by atoms with Gasteiger partial charge < -0.3 is 16.0 Å². The molecule has 1 aromatic rings. The quantitative estimate of drug-likeness (QED) is 0.558. The van der Waals surface area contributed by atoms with Gasteiger partial charge in [-0.15, -0.1) is 0 Å². The fourth-order valence-electron chi connectivity index (χ4n) is 1.52. The van der Waals surface area contributed by atoms with E-state index >= 15 is 0 Å². The van der Waals surface area contributed by atoms with E-state index in [2.05, 4.69) is 25.9 Å². The van der Waals surface area contributed by atoms with Crippen LogP contribution in [0, 0.1) is 0 Å². The van der Waals surface area contributed by atoms with Crippen LogP contribution in [0.15, 0.2) is 29.4 Å². The molecule has 0 saturated carbocycles. The third kappa shape index (κ3) is 6.72. The number of aromatic nitrogens is 1. The lowest BCUT2D eigenvalue weighted by Crippen LogP contribution is -2.48. The van der Waals surface area contributed by atoms with Crippen molar-refractivity contribution < 1.29 is 4.79 Å². The number of hydrogen-bond acceptors (Lipinski definition) is 3. The molecule has 0 aliphatic heterocycles. The third-order valence-corrected chi connectivity index (χ3v) is 2.32. The van der Waals surface area contributed by atoms with Crippen LogP contribution in [0.3, 0.4) is 0 Å². The summed E-state index contributed by atoms with van der Waals surface area (Å²) >= 11 is 0. The number of guanidine groups is 1. The third-order valence-electron chi connectivity index (χ3n) is 2.32. The number of rotatable bonds is 4. The average Bonchev–Trinajstić information content (AvgIpc) is 2.38.